The molecule has 1 N–H and O–H groups in total. The first-order chi connectivity index (χ1) is 12.0. The summed E-state index contributed by atoms with van der Waals surface area (Å²) in [6.45, 7) is 6.08. The molecule has 0 aliphatic rings. The van der Waals surface area contributed by atoms with Crippen molar-refractivity contribution in [1.29, 1.82) is 0 Å². The fraction of sp³-hybridized carbons (Fsp3) is 0.273. The smallest absolute Gasteiger partial charge is 0.121 e. The lowest BCUT2D eigenvalue weighted by molar-refractivity contribution is 0.415. The molecular weight excluding hydrogens is 310 g/mol. The highest BCUT2D eigenvalue weighted by molar-refractivity contribution is 5.66. The number of benzene rings is 2. The summed E-state index contributed by atoms with van der Waals surface area (Å²) in [5.74, 6) is 1.23. The Morgan fingerprint density at radius 3 is 2.16 bits per heavy atom. The van der Waals surface area contributed by atoms with Crippen molar-refractivity contribution >= 4 is 0 Å². The molecule has 3 aromatic rings. The van der Waals surface area contributed by atoms with E-state index in [1.54, 1.807) is 7.11 Å². The maximum atomic E-state index is 10.1. The summed E-state index contributed by atoms with van der Waals surface area (Å²) in [7, 11) is 1.68. The average Bonchev–Trinajstić information content (AvgIpc) is 3.03. The number of aromatic nitrogens is 1. The fourth-order valence-corrected chi connectivity index (χ4v) is 3.28. The predicted octanol–water partition coefficient (Wildman–Crippen LogP) is 5.43. The van der Waals surface area contributed by atoms with Crippen LogP contribution in [0.25, 0.3) is 16.9 Å². The maximum Gasteiger partial charge on any atom is 0.121 e. The third-order valence-corrected chi connectivity index (χ3v) is 4.59. The van der Waals surface area contributed by atoms with Crippen LogP contribution >= 0.6 is 0 Å². The minimum atomic E-state index is 0.374. The quantitative estimate of drug-likeness (QED) is 0.675. The van der Waals surface area contributed by atoms with Crippen molar-refractivity contribution in [2.75, 3.05) is 7.11 Å². The van der Waals surface area contributed by atoms with E-state index in [0.717, 1.165) is 46.7 Å². The van der Waals surface area contributed by atoms with Crippen LogP contribution in [0.3, 0.4) is 0 Å². The van der Waals surface area contributed by atoms with E-state index >= 15 is 0 Å². The van der Waals surface area contributed by atoms with Gasteiger partial charge in [0.1, 0.15) is 11.5 Å². The molecule has 1 aromatic heterocycles. The van der Waals surface area contributed by atoms with Crippen LogP contribution in [0.15, 0.2) is 48.5 Å². The Hall–Kier alpha value is -2.68. The van der Waals surface area contributed by atoms with Crippen LogP contribution in [-0.2, 0) is 6.42 Å². The Labute approximate surface area is 149 Å². The lowest BCUT2D eigenvalue weighted by atomic mass is 10.1. The molecule has 3 nitrogen and oxygen atoms in total. The molecule has 0 radical (unpaired) electrons. The lowest BCUT2D eigenvalue weighted by Gasteiger charge is -2.16. The normalized spacial score (nSPS) is 10.9. The third kappa shape index (κ3) is 3.27. The molecular formula is C22H25NO2. The maximum absolute atomic E-state index is 10.1. The first-order valence-electron chi connectivity index (χ1n) is 8.70. The molecule has 0 saturated heterocycles. The van der Waals surface area contributed by atoms with Gasteiger partial charge in [-0.25, -0.2) is 0 Å². The van der Waals surface area contributed by atoms with Crippen LogP contribution in [0, 0.1) is 13.8 Å². The second-order valence-corrected chi connectivity index (χ2v) is 6.45. The topological polar surface area (TPSA) is 34.4 Å². The number of aryl methyl sites for hydroxylation is 3. The zero-order valence-corrected chi connectivity index (χ0v) is 15.3. The molecule has 0 spiro atoms. The van der Waals surface area contributed by atoms with Crippen LogP contribution in [0.2, 0.25) is 0 Å². The molecule has 0 bridgehead atoms. The molecule has 3 heteroatoms. The Morgan fingerprint density at radius 1 is 0.960 bits per heavy atom. The van der Waals surface area contributed by atoms with E-state index in [-0.39, 0.29) is 0 Å². The van der Waals surface area contributed by atoms with E-state index < -0.39 is 0 Å². The molecule has 0 aliphatic heterocycles. The number of aromatic hydroxyl groups is 1. The van der Waals surface area contributed by atoms with Crippen LogP contribution in [-0.4, -0.2) is 16.8 Å². The molecule has 2 aromatic carbocycles. The SMILES string of the molecule is CCCc1ccc(-c2ccc(OC)cc2)n1-c1cc(C)c(O)c(C)c1. The number of hydrogen-bond donors (Lipinski definition) is 1. The number of phenols is 1. The van der Waals surface area contributed by atoms with Gasteiger partial charge in [-0.3, -0.25) is 0 Å². The molecule has 0 saturated carbocycles. The molecule has 0 fully saturated rings. The molecule has 0 unspecified atom stereocenters. The third-order valence-electron chi connectivity index (χ3n) is 4.59. The van der Waals surface area contributed by atoms with Crippen molar-refractivity contribution in [2.24, 2.45) is 0 Å². The van der Waals surface area contributed by atoms with Crippen molar-refractivity contribution in [1.82, 2.24) is 4.57 Å². The predicted molar refractivity (Wildman–Crippen MR) is 103 cm³/mol. The van der Waals surface area contributed by atoms with Crippen LogP contribution < -0.4 is 4.74 Å². The molecule has 0 atom stereocenters. The van der Waals surface area contributed by atoms with E-state index in [0.29, 0.717) is 5.75 Å². The highest BCUT2D eigenvalue weighted by atomic mass is 16.5. The summed E-state index contributed by atoms with van der Waals surface area (Å²) in [6.07, 6.45) is 2.09. The number of hydrogen-bond acceptors (Lipinski definition) is 2. The number of ether oxygens (including phenoxy) is 1. The van der Waals surface area contributed by atoms with Gasteiger partial charge in [0, 0.05) is 11.4 Å². The van der Waals surface area contributed by atoms with Crippen LogP contribution in [0.4, 0.5) is 0 Å². The Balaban J connectivity index is 2.18. The number of methoxy groups -OCH3 is 1. The van der Waals surface area contributed by atoms with Gasteiger partial charge in [0.2, 0.25) is 0 Å². The van der Waals surface area contributed by atoms with Gasteiger partial charge in [-0.05, 0) is 85.5 Å². The first kappa shape index (κ1) is 17.2. The summed E-state index contributed by atoms with van der Waals surface area (Å²) < 4.78 is 7.57. The van der Waals surface area contributed by atoms with Gasteiger partial charge in [-0.2, -0.15) is 0 Å². The van der Waals surface area contributed by atoms with Crippen molar-refractivity contribution in [2.45, 2.75) is 33.6 Å². The highest BCUT2D eigenvalue weighted by Crippen LogP contribution is 2.32. The Bertz CT molecular complexity index is 853. The van der Waals surface area contributed by atoms with E-state index in [1.165, 1.54) is 5.69 Å². The van der Waals surface area contributed by atoms with Crippen molar-refractivity contribution in [3.63, 3.8) is 0 Å². The van der Waals surface area contributed by atoms with E-state index in [1.807, 2.05) is 26.0 Å². The standard InChI is InChI=1S/C22H25NO2/c1-5-6-18-9-12-21(17-7-10-20(25-4)11-8-17)23(18)19-13-15(2)22(24)16(3)14-19/h7-14,24H,5-6H2,1-4H3. The van der Waals surface area contributed by atoms with Crippen LogP contribution in [0.5, 0.6) is 11.5 Å². The zero-order valence-electron chi connectivity index (χ0n) is 15.3. The summed E-state index contributed by atoms with van der Waals surface area (Å²) in [6, 6.07) is 16.6. The minimum Gasteiger partial charge on any atom is -0.507 e. The average molecular weight is 335 g/mol. The van der Waals surface area contributed by atoms with Gasteiger partial charge in [0.05, 0.1) is 12.8 Å². The zero-order chi connectivity index (χ0) is 18.0. The largest absolute Gasteiger partial charge is 0.507 e. The number of rotatable bonds is 5. The fourth-order valence-electron chi connectivity index (χ4n) is 3.28. The summed E-state index contributed by atoms with van der Waals surface area (Å²) in [5.41, 5.74) is 6.45. The molecule has 0 aliphatic carbocycles. The van der Waals surface area contributed by atoms with Gasteiger partial charge >= 0.3 is 0 Å². The second kappa shape index (κ2) is 7.06. The monoisotopic (exact) mass is 335 g/mol. The van der Waals surface area contributed by atoms with Crippen molar-refractivity contribution in [3.05, 3.63) is 65.4 Å². The van der Waals surface area contributed by atoms with Crippen molar-refractivity contribution in [3.8, 4) is 28.4 Å². The van der Waals surface area contributed by atoms with Crippen LogP contribution in [0.1, 0.15) is 30.2 Å². The summed E-state index contributed by atoms with van der Waals surface area (Å²) in [5, 5.41) is 10.1. The van der Waals surface area contributed by atoms with Gasteiger partial charge < -0.3 is 14.4 Å². The van der Waals surface area contributed by atoms with Gasteiger partial charge in [-0.1, -0.05) is 13.3 Å². The van der Waals surface area contributed by atoms with Crippen molar-refractivity contribution < 1.29 is 9.84 Å². The lowest BCUT2D eigenvalue weighted by Crippen LogP contribution is -2.03. The number of nitrogens with zero attached hydrogens (tertiary/aromatic N) is 1. The molecule has 3 rings (SSSR count). The van der Waals surface area contributed by atoms with E-state index in [4.69, 9.17) is 4.74 Å². The summed E-state index contributed by atoms with van der Waals surface area (Å²) >= 11 is 0. The minimum absolute atomic E-state index is 0.374. The Kier molecular flexibility index (Phi) is 4.84. The van der Waals surface area contributed by atoms with Gasteiger partial charge in [0.15, 0.2) is 0 Å². The summed E-state index contributed by atoms with van der Waals surface area (Å²) in [4.78, 5) is 0. The second-order valence-electron chi connectivity index (χ2n) is 6.45. The molecule has 25 heavy (non-hydrogen) atoms. The molecule has 130 valence electrons. The van der Waals surface area contributed by atoms with E-state index in [9.17, 15) is 5.11 Å². The van der Waals surface area contributed by atoms with E-state index in [2.05, 4.69) is 47.9 Å². The Morgan fingerprint density at radius 2 is 1.60 bits per heavy atom. The van der Waals surface area contributed by atoms with Gasteiger partial charge in [-0.15, -0.1) is 0 Å². The number of phenolic OH excluding ortho intramolecular Hbond substituents is 1. The highest BCUT2D eigenvalue weighted by Gasteiger charge is 2.14. The molecule has 1 heterocycles. The molecule has 0 amide bonds. The van der Waals surface area contributed by atoms with Gasteiger partial charge in [0.25, 0.3) is 0 Å². The first-order valence-corrected chi connectivity index (χ1v) is 8.70.